The maximum Gasteiger partial charge on any atom is 0.187 e. The third-order valence-electron chi connectivity index (χ3n) is 11.6. The van der Waals surface area contributed by atoms with Crippen molar-refractivity contribution in [2.75, 3.05) is 19.8 Å². The van der Waals surface area contributed by atoms with Crippen molar-refractivity contribution in [3.8, 4) is 0 Å². The molecule has 6 aliphatic rings. The molecule has 23 atom stereocenters. The molecule has 4 heterocycles. The molecule has 4 saturated heterocycles. The molecular formula is C32H55O20+. The van der Waals surface area contributed by atoms with Crippen molar-refractivity contribution < 1.29 is 99.5 Å². The zero-order chi connectivity index (χ0) is 37.6. The topological polar surface area (TPSA) is 331 Å². The molecule has 0 aromatic rings. The molecule has 0 radical (unpaired) electrons. The van der Waals surface area contributed by atoms with Crippen molar-refractivity contribution in [1.82, 2.24) is 0 Å². The summed E-state index contributed by atoms with van der Waals surface area (Å²) in [4.78, 5) is 0. The first-order chi connectivity index (χ1) is 24.7. The van der Waals surface area contributed by atoms with E-state index in [1.807, 2.05) is 0 Å². The van der Waals surface area contributed by atoms with Gasteiger partial charge in [-0.05, 0) is 25.7 Å². The second-order valence-electron chi connectivity index (χ2n) is 15.0. The second-order valence-corrected chi connectivity index (χ2v) is 15.0. The summed E-state index contributed by atoms with van der Waals surface area (Å²) < 4.78 is 40.5. The number of ether oxygens (including phenoxy) is 7. The largest absolute Gasteiger partial charge is 0.427 e. The van der Waals surface area contributed by atoms with Gasteiger partial charge in [0.15, 0.2) is 31.1 Å². The summed E-state index contributed by atoms with van der Waals surface area (Å²) in [6.07, 6.45) is -26.9. The summed E-state index contributed by atoms with van der Waals surface area (Å²) in [7, 11) is 0. The Morgan fingerprint density at radius 2 is 1.17 bits per heavy atom. The molecule has 0 aromatic carbocycles. The molecule has 14 N–H and O–H groups in total. The predicted molar refractivity (Wildman–Crippen MR) is 166 cm³/mol. The van der Waals surface area contributed by atoms with E-state index in [4.69, 9.17) is 33.2 Å². The van der Waals surface area contributed by atoms with Gasteiger partial charge in [0.05, 0.1) is 50.2 Å². The fourth-order valence-corrected chi connectivity index (χ4v) is 8.52. The smallest absolute Gasteiger partial charge is 0.187 e. The number of hydrogen-bond acceptors (Lipinski definition) is 19. The van der Waals surface area contributed by atoms with Crippen LogP contribution in [0.25, 0.3) is 0 Å². The lowest BCUT2D eigenvalue weighted by atomic mass is 9.72. The Kier molecular flexibility index (Phi) is 13.5. The van der Waals surface area contributed by atoms with Crippen LogP contribution in [0.1, 0.15) is 38.5 Å². The lowest BCUT2D eigenvalue weighted by Crippen LogP contribution is -2.65. The zero-order valence-corrected chi connectivity index (χ0v) is 28.4. The van der Waals surface area contributed by atoms with Crippen LogP contribution >= 0.6 is 0 Å². The van der Waals surface area contributed by atoms with Gasteiger partial charge >= 0.3 is 0 Å². The fraction of sp³-hybridized carbons (Fsp3) is 1.00. The van der Waals surface area contributed by atoms with Crippen LogP contribution in [0.3, 0.4) is 0 Å². The minimum absolute atomic E-state index is 0.0473. The first kappa shape index (κ1) is 40.9. The molecule has 0 amide bonds. The van der Waals surface area contributed by atoms with Gasteiger partial charge in [-0.1, -0.05) is 0 Å². The van der Waals surface area contributed by atoms with Crippen LogP contribution in [0.5, 0.6) is 0 Å². The molecule has 23 unspecified atom stereocenters. The average molecular weight is 760 g/mol. The highest BCUT2D eigenvalue weighted by molar-refractivity contribution is 5.00. The van der Waals surface area contributed by atoms with Gasteiger partial charge in [0.2, 0.25) is 0 Å². The third kappa shape index (κ3) is 8.32. The molecule has 2 saturated carbocycles. The fourth-order valence-electron chi connectivity index (χ4n) is 8.52. The third-order valence-corrected chi connectivity index (χ3v) is 11.6. The van der Waals surface area contributed by atoms with Crippen LogP contribution in [-0.2, 0) is 28.4 Å². The number of hydrogen-bond donors (Lipinski definition) is 13. The standard InChI is InChI=1S/C32H54O20/c33-7-19-22(40)24(42)27(45)31(50-19)48-17-5-11(35)4-16-12(17)6-18(28(47-16)10-1-2-13(36)14(37)3-10)49-32-29(25(43)23(41)20(8-34)51-32)52-30-26(44)21(39)15(38)9-46-30/h10-45H,1-9H2/p+1. The molecule has 0 aromatic heterocycles. The van der Waals surface area contributed by atoms with Gasteiger partial charge in [-0.15, -0.1) is 0 Å². The molecule has 4 aliphatic heterocycles. The van der Waals surface area contributed by atoms with Crippen molar-refractivity contribution in [1.29, 1.82) is 0 Å². The van der Waals surface area contributed by atoms with E-state index in [1.54, 1.807) is 0 Å². The number of aliphatic hydroxyl groups excluding tert-OH is 13. The van der Waals surface area contributed by atoms with E-state index in [0.29, 0.717) is 6.42 Å². The minimum atomic E-state index is -1.78. The average Bonchev–Trinajstić information content (AvgIpc) is 3.12. The van der Waals surface area contributed by atoms with Gasteiger partial charge in [-0.2, -0.15) is 0 Å². The summed E-state index contributed by atoms with van der Waals surface area (Å²) >= 11 is 0. The molecule has 302 valence electrons. The van der Waals surface area contributed by atoms with E-state index in [1.165, 1.54) is 0 Å². The molecule has 20 nitrogen and oxygen atoms in total. The second kappa shape index (κ2) is 17.1. The van der Waals surface area contributed by atoms with Crippen molar-refractivity contribution in [3.63, 3.8) is 0 Å². The first-order valence-corrected chi connectivity index (χ1v) is 18.0. The van der Waals surface area contributed by atoms with E-state index in [-0.39, 0.29) is 38.0 Å². The zero-order valence-electron chi connectivity index (χ0n) is 28.4. The SMILES string of the molecule is OCC1OC(OC2CC(O)CC3[OH+]C(C4CCC(O)C(O)C4)C(OC4OC(CO)C(O)C(O)C4OC4OCC(O)C(O)C4O)CC23)C(O)C(O)C1O. The lowest BCUT2D eigenvalue weighted by molar-refractivity contribution is -0.385. The van der Waals surface area contributed by atoms with E-state index in [9.17, 15) is 66.4 Å². The van der Waals surface area contributed by atoms with Gasteiger partial charge in [-0.3, -0.25) is 0 Å². The Morgan fingerprint density at radius 1 is 0.538 bits per heavy atom. The monoisotopic (exact) mass is 759 g/mol. The summed E-state index contributed by atoms with van der Waals surface area (Å²) in [5.74, 6) is -0.885. The van der Waals surface area contributed by atoms with Gasteiger partial charge in [0, 0.05) is 18.8 Å². The van der Waals surface area contributed by atoms with E-state index in [2.05, 4.69) is 0 Å². The summed E-state index contributed by atoms with van der Waals surface area (Å²) in [5, 5.41) is 135. The highest BCUT2D eigenvalue weighted by Gasteiger charge is 2.57. The summed E-state index contributed by atoms with van der Waals surface area (Å²) in [6, 6.07) is 0. The van der Waals surface area contributed by atoms with Gasteiger partial charge in [0.1, 0.15) is 73.2 Å². The van der Waals surface area contributed by atoms with Crippen molar-refractivity contribution >= 4 is 0 Å². The van der Waals surface area contributed by atoms with Crippen LogP contribution < -0.4 is 0 Å². The van der Waals surface area contributed by atoms with E-state index >= 15 is 0 Å². The van der Waals surface area contributed by atoms with E-state index in [0.717, 1.165) is 0 Å². The number of rotatable bonds is 9. The molecule has 20 heteroatoms. The van der Waals surface area contributed by atoms with Crippen molar-refractivity contribution in [2.45, 2.75) is 167 Å². The minimum Gasteiger partial charge on any atom is -0.427 e. The normalized spacial score (nSPS) is 54.8. The maximum absolute atomic E-state index is 11.2. The van der Waals surface area contributed by atoms with E-state index < -0.39 is 154 Å². The van der Waals surface area contributed by atoms with Crippen molar-refractivity contribution in [3.05, 3.63) is 0 Å². The van der Waals surface area contributed by atoms with Crippen LogP contribution in [0.2, 0.25) is 0 Å². The van der Waals surface area contributed by atoms with Gasteiger partial charge in [-0.25, -0.2) is 0 Å². The van der Waals surface area contributed by atoms with Crippen LogP contribution in [0.15, 0.2) is 0 Å². The highest BCUT2D eigenvalue weighted by atomic mass is 16.8. The van der Waals surface area contributed by atoms with Crippen LogP contribution in [0, 0.1) is 11.8 Å². The maximum atomic E-state index is 11.2. The van der Waals surface area contributed by atoms with Crippen LogP contribution in [-0.4, -0.2) is 220 Å². The number of aliphatic hydroxyl groups is 15. The molecule has 52 heavy (non-hydrogen) atoms. The van der Waals surface area contributed by atoms with Gasteiger partial charge in [0.25, 0.3) is 0 Å². The quantitative estimate of drug-likeness (QED) is 0.0971. The molecule has 6 fully saturated rings. The van der Waals surface area contributed by atoms with Crippen molar-refractivity contribution in [2.24, 2.45) is 11.8 Å². The molecule has 0 bridgehead atoms. The summed E-state index contributed by atoms with van der Waals surface area (Å²) in [6.45, 7) is -1.84. The first-order valence-electron chi connectivity index (χ1n) is 18.0. The Bertz CT molecular complexity index is 1140. The highest BCUT2D eigenvalue weighted by Crippen LogP contribution is 2.44. The van der Waals surface area contributed by atoms with Gasteiger partial charge < -0.3 is 99.5 Å². The summed E-state index contributed by atoms with van der Waals surface area (Å²) in [5.41, 5.74) is 0. The molecule has 2 aliphatic carbocycles. The Hall–Kier alpha value is -0.800. The number of fused-ring (bicyclic) bond motifs is 1. The molecular weight excluding hydrogens is 704 g/mol. The Labute approximate surface area is 298 Å². The molecule has 0 spiro atoms. The Balaban J connectivity index is 1.27. The lowest BCUT2D eigenvalue weighted by Gasteiger charge is -2.50. The van der Waals surface area contributed by atoms with Crippen LogP contribution in [0.4, 0.5) is 0 Å². The molecule has 6 rings (SSSR count). The Morgan fingerprint density at radius 3 is 1.85 bits per heavy atom. The predicted octanol–water partition coefficient (Wildman–Crippen LogP) is -7.22.